The number of para-hydroxylation sites is 1. The van der Waals surface area contributed by atoms with Crippen LogP contribution in [0.25, 0.3) is 17.1 Å². The number of nitrogens with one attached hydrogen (secondary N) is 1. The average Bonchev–Trinajstić information content (AvgIpc) is 3.38. The molecule has 10 heteroatoms. The number of aromatic amines is 1. The molecular weight excluding hydrogens is 424 g/mol. The molecule has 2 aromatic heterocycles. The number of furan rings is 1. The van der Waals surface area contributed by atoms with Crippen LogP contribution >= 0.6 is 11.6 Å². The molecule has 0 bridgehead atoms. The number of phenols is 2. The molecule has 0 saturated heterocycles. The molecule has 4 rings (SSSR count). The molecule has 0 saturated carbocycles. The molecule has 31 heavy (non-hydrogen) atoms. The Morgan fingerprint density at radius 3 is 2.68 bits per heavy atom. The first-order valence-corrected chi connectivity index (χ1v) is 9.51. The van der Waals surface area contributed by atoms with Gasteiger partial charge < -0.3 is 19.5 Å². The summed E-state index contributed by atoms with van der Waals surface area (Å²) in [5.74, 6) is -0.709. The summed E-state index contributed by atoms with van der Waals surface area (Å²) in [6.07, 6.45) is 1.50. The van der Waals surface area contributed by atoms with Crippen LogP contribution in [0.15, 0.2) is 64.0 Å². The lowest BCUT2D eigenvalue weighted by Crippen LogP contribution is -2.26. The van der Waals surface area contributed by atoms with Crippen LogP contribution in [0.1, 0.15) is 16.1 Å². The predicted octanol–water partition coefficient (Wildman–Crippen LogP) is 3.16. The van der Waals surface area contributed by atoms with Crippen LogP contribution < -0.4 is 5.69 Å². The molecule has 0 spiro atoms. The van der Waals surface area contributed by atoms with Gasteiger partial charge in [0.25, 0.3) is 5.91 Å². The molecule has 4 aromatic rings. The number of carbonyl (C=O) groups is 1. The number of amides is 1. The highest BCUT2D eigenvalue weighted by molar-refractivity contribution is 6.32. The van der Waals surface area contributed by atoms with Crippen LogP contribution in [-0.4, -0.2) is 42.8 Å². The normalized spacial score (nSPS) is 10.9. The number of H-pyrrole nitrogens is 1. The Morgan fingerprint density at radius 1 is 1.19 bits per heavy atom. The standard InChI is InChI=1S/C21H17ClN4O5/c1-25(11-12-5-4-8-31-12)20(29)14-9-13(17(27)10-18(14)28)19-23-24-21(30)26(19)16-7-3-2-6-15(16)22/h2-10,27-28H,11H2,1H3,(H,24,30). The van der Waals surface area contributed by atoms with Crippen LogP contribution in [0.5, 0.6) is 11.5 Å². The number of hydrogen-bond acceptors (Lipinski definition) is 6. The van der Waals surface area contributed by atoms with Gasteiger partial charge in [0.2, 0.25) is 0 Å². The zero-order valence-electron chi connectivity index (χ0n) is 16.2. The van der Waals surface area contributed by atoms with E-state index in [-0.39, 0.29) is 29.2 Å². The first kappa shape index (κ1) is 20.3. The summed E-state index contributed by atoms with van der Waals surface area (Å²) >= 11 is 6.23. The quantitative estimate of drug-likeness (QED) is 0.438. The molecule has 0 aliphatic carbocycles. The maximum absolute atomic E-state index is 12.9. The van der Waals surface area contributed by atoms with Gasteiger partial charge in [-0.3, -0.25) is 4.79 Å². The Balaban J connectivity index is 1.79. The molecule has 0 aliphatic rings. The predicted molar refractivity (Wildman–Crippen MR) is 112 cm³/mol. The first-order valence-electron chi connectivity index (χ1n) is 9.13. The van der Waals surface area contributed by atoms with Crippen molar-refractivity contribution >= 4 is 17.5 Å². The second-order valence-electron chi connectivity index (χ2n) is 6.77. The minimum Gasteiger partial charge on any atom is -0.507 e. The van der Waals surface area contributed by atoms with Crippen LogP contribution in [0.4, 0.5) is 0 Å². The van der Waals surface area contributed by atoms with Crippen molar-refractivity contribution in [2.24, 2.45) is 0 Å². The van der Waals surface area contributed by atoms with Gasteiger partial charge in [-0.05, 0) is 30.3 Å². The summed E-state index contributed by atoms with van der Waals surface area (Å²) in [5.41, 5.74) is -0.263. The van der Waals surface area contributed by atoms with Crippen molar-refractivity contribution in [3.8, 4) is 28.6 Å². The fourth-order valence-electron chi connectivity index (χ4n) is 3.18. The van der Waals surface area contributed by atoms with Crippen molar-refractivity contribution in [2.45, 2.75) is 6.54 Å². The summed E-state index contributed by atoms with van der Waals surface area (Å²) in [6, 6.07) is 12.3. The lowest BCUT2D eigenvalue weighted by atomic mass is 10.1. The maximum Gasteiger partial charge on any atom is 0.348 e. The second kappa shape index (κ2) is 8.04. The molecule has 0 unspecified atom stereocenters. The SMILES string of the molecule is CN(Cc1ccco1)C(=O)c1cc(-c2n[nH]c(=O)n2-c2ccccc2Cl)c(O)cc1O. The van der Waals surface area contributed by atoms with E-state index in [4.69, 9.17) is 16.0 Å². The van der Waals surface area contributed by atoms with Gasteiger partial charge in [-0.25, -0.2) is 14.5 Å². The van der Waals surface area contributed by atoms with Crippen LogP contribution in [0, 0.1) is 0 Å². The van der Waals surface area contributed by atoms with Crippen molar-refractivity contribution in [1.29, 1.82) is 0 Å². The highest BCUT2D eigenvalue weighted by Crippen LogP contribution is 2.35. The molecule has 2 heterocycles. The summed E-state index contributed by atoms with van der Waals surface area (Å²) in [5, 5.41) is 27.3. The molecule has 3 N–H and O–H groups in total. The lowest BCUT2D eigenvalue weighted by Gasteiger charge is -2.17. The van der Waals surface area contributed by atoms with E-state index in [0.29, 0.717) is 16.5 Å². The van der Waals surface area contributed by atoms with Gasteiger partial charge in [0.15, 0.2) is 5.82 Å². The van der Waals surface area contributed by atoms with E-state index in [1.807, 2.05) is 0 Å². The van der Waals surface area contributed by atoms with E-state index in [0.717, 1.165) is 6.07 Å². The van der Waals surface area contributed by atoms with Gasteiger partial charge in [-0.1, -0.05) is 23.7 Å². The molecule has 0 aliphatic heterocycles. The maximum atomic E-state index is 12.9. The molecule has 1 amide bonds. The third kappa shape index (κ3) is 3.78. The van der Waals surface area contributed by atoms with Crippen molar-refractivity contribution in [3.63, 3.8) is 0 Å². The highest BCUT2D eigenvalue weighted by atomic mass is 35.5. The summed E-state index contributed by atoms with van der Waals surface area (Å²) in [7, 11) is 1.55. The molecule has 9 nitrogen and oxygen atoms in total. The van der Waals surface area contributed by atoms with Crippen molar-refractivity contribution in [3.05, 3.63) is 81.6 Å². The van der Waals surface area contributed by atoms with Gasteiger partial charge in [0, 0.05) is 13.1 Å². The highest BCUT2D eigenvalue weighted by Gasteiger charge is 2.23. The number of hydrogen-bond donors (Lipinski definition) is 3. The van der Waals surface area contributed by atoms with E-state index in [1.165, 1.54) is 21.8 Å². The van der Waals surface area contributed by atoms with Crippen molar-refractivity contribution in [2.75, 3.05) is 7.05 Å². The smallest absolute Gasteiger partial charge is 0.348 e. The Morgan fingerprint density at radius 2 is 1.97 bits per heavy atom. The fourth-order valence-corrected chi connectivity index (χ4v) is 3.40. The number of aromatic nitrogens is 3. The number of benzene rings is 2. The zero-order valence-corrected chi connectivity index (χ0v) is 17.0. The molecule has 0 fully saturated rings. The van der Waals surface area contributed by atoms with E-state index in [9.17, 15) is 19.8 Å². The number of phenolic OH excluding ortho intramolecular Hbond substituents is 2. The molecule has 2 aromatic carbocycles. The number of carbonyl (C=O) groups excluding carboxylic acids is 1. The Hall–Kier alpha value is -3.98. The number of rotatable bonds is 5. The third-order valence-corrected chi connectivity index (χ3v) is 4.99. The summed E-state index contributed by atoms with van der Waals surface area (Å²) in [6.45, 7) is 0.175. The molecule has 158 valence electrons. The summed E-state index contributed by atoms with van der Waals surface area (Å²) < 4.78 is 6.43. The lowest BCUT2D eigenvalue weighted by molar-refractivity contribution is 0.0772. The van der Waals surface area contributed by atoms with E-state index in [2.05, 4.69) is 10.2 Å². The van der Waals surface area contributed by atoms with E-state index in [1.54, 1.807) is 43.4 Å². The van der Waals surface area contributed by atoms with Gasteiger partial charge in [0.05, 0.1) is 34.6 Å². The molecule has 0 atom stereocenters. The zero-order chi connectivity index (χ0) is 22.1. The minimum absolute atomic E-state index is 0.0262. The Bertz CT molecular complexity index is 1310. The van der Waals surface area contributed by atoms with Crippen LogP contribution in [0.2, 0.25) is 5.02 Å². The van der Waals surface area contributed by atoms with Crippen molar-refractivity contribution < 1.29 is 19.4 Å². The minimum atomic E-state index is -0.585. The number of nitrogens with zero attached hydrogens (tertiary/aromatic N) is 3. The number of aromatic hydroxyl groups is 2. The number of halogens is 1. The monoisotopic (exact) mass is 440 g/mol. The first-order chi connectivity index (χ1) is 14.9. The van der Waals surface area contributed by atoms with Crippen molar-refractivity contribution in [1.82, 2.24) is 19.7 Å². The van der Waals surface area contributed by atoms with Crippen LogP contribution in [0.3, 0.4) is 0 Å². The van der Waals surface area contributed by atoms with E-state index < -0.39 is 17.3 Å². The van der Waals surface area contributed by atoms with Gasteiger partial charge in [-0.2, -0.15) is 5.10 Å². The molecule has 0 radical (unpaired) electrons. The van der Waals surface area contributed by atoms with Gasteiger partial charge >= 0.3 is 5.69 Å². The Kier molecular flexibility index (Phi) is 5.26. The second-order valence-corrected chi connectivity index (χ2v) is 7.17. The summed E-state index contributed by atoms with van der Waals surface area (Å²) in [4.78, 5) is 26.7. The third-order valence-electron chi connectivity index (χ3n) is 4.67. The largest absolute Gasteiger partial charge is 0.507 e. The Labute approximate surface area is 180 Å². The van der Waals surface area contributed by atoms with Gasteiger partial charge in [0.1, 0.15) is 17.3 Å². The van der Waals surface area contributed by atoms with Gasteiger partial charge in [-0.15, -0.1) is 0 Å². The topological polar surface area (TPSA) is 125 Å². The van der Waals surface area contributed by atoms with Crippen LogP contribution in [-0.2, 0) is 6.54 Å². The average molecular weight is 441 g/mol. The molecular formula is C21H17ClN4O5. The van der Waals surface area contributed by atoms with E-state index >= 15 is 0 Å². The fraction of sp³-hybridized carbons (Fsp3) is 0.0952.